The van der Waals surface area contributed by atoms with Crippen LogP contribution in [0.5, 0.6) is 5.75 Å². The monoisotopic (exact) mass is 449 g/mol. The molecule has 31 heavy (non-hydrogen) atoms. The van der Waals surface area contributed by atoms with Crippen LogP contribution < -0.4 is 10.1 Å². The lowest BCUT2D eigenvalue weighted by Crippen LogP contribution is -2.30. The van der Waals surface area contributed by atoms with Crippen LogP contribution in [-0.4, -0.2) is 41.4 Å². The number of imide groups is 1. The quantitative estimate of drug-likeness (QED) is 0.223. The molecule has 0 atom stereocenters. The van der Waals surface area contributed by atoms with Crippen molar-refractivity contribution in [2.24, 2.45) is 0 Å². The Morgan fingerprint density at radius 1 is 1.35 bits per heavy atom. The minimum Gasteiger partial charge on any atom is -0.486 e. The molecule has 1 aliphatic heterocycles. The summed E-state index contributed by atoms with van der Waals surface area (Å²) in [4.78, 5) is 47.9. The molecule has 1 aromatic carbocycles. The maximum absolute atomic E-state index is 12.6. The molecule has 2 aromatic rings. The Hall–Kier alpha value is -3.86. The first-order valence-corrected chi connectivity index (χ1v) is 9.25. The van der Waals surface area contributed by atoms with E-state index >= 15 is 0 Å². The Morgan fingerprint density at radius 3 is 2.74 bits per heavy atom. The first-order chi connectivity index (χ1) is 14.7. The maximum Gasteiger partial charge on any atom is 0.373 e. The van der Waals surface area contributed by atoms with Gasteiger partial charge in [0.05, 0.1) is 30.2 Å². The molecule has 3 amide bonds. The third-order valence-corrected chi connectivity index (χ3v) is 4.45. The van der Waals surface area contributed by atoms with Gasteiger partial charge < -0.3 is 19.2 Å². The second-order valence-corrected chi connectivity index (χ2v) is 6.59. The van der Waals surface area contributed by atoms with Crippen molar-refractivity contribution >= 4 is 41.3 Å². The number of amides is 3. The van der Waals surface area contributed by atoms with Gasteiger partial charge in [-0.1, -0.05) is 11.6 Å². The number of benzene rings is 1. The highest BCUT2D eigenvalue weighted by Crippen LogP contribution is 2.37. The zero-order valence-corrected chi connectivity index (χ0v) is 17.1. The summed E-state index contributed by atoms with van der Waals surface area (Å²) in [7, 11) is 1.19. The number of carbonyl (C=O) groups excluding carboxylic acids is 3. The van der Waals surface area contributed by atoms with Gasteiger partial charge in [-0.2, -0.15) is 0 Å². The van der Waals surface area contributed by atoms with Crippen molar-refractivity contribution in [3.05, 3.63) is 62.2 Å². The van der Waals surface area contributed by atoms with Crippen molar-refractivity contribution < 1.29 is 33.2 Å². The van der Waals surface area contributed by atoms with E-state index in [1.807, 2.05) is 0 Å². The number of nitrogens with one attached hydrogen (secondary N) is 1. The number of rotatable bonds is 7. The molecule has 1 N–H and O–H groups in total. The summed E-state index contributed by atoms with van der Waals surface area (Å²) in [5.74, 6) is -1.35. The van der Waals surface area contributed by atoms with Crippen molar-refractivity contribution in [3.8, 4) is 5.75 Å². The SMILES string of the molecule is CCOc1c(Cl)cc(/C=C2\NC(=O)N(Cc3ccc(C(=O)OC)o3)C2=O)cc1[N+](=O)[O-]. The molecule has 0 unspecified atom stereocenters. The fourth-order valence-electron chi connectivity index (χ4n) is 2.82. The molecule has 0 aliphatic carbocycles. The number of halogens is 1. The molecular formula is C19H16ClN3O8. The van der Waals surface area contributed by atoms with E-state index in [0.717, 1.165) is 4.90 Å². The van der Waals surface area contributed by atoms with Crippen LogP contribution >= 0.6 is 11.6 Å². The van der Waals surface area contributed by atoms with E-state index < -0.39 is 22.8 Å². The molecule has 3 rings (SSSR count). The lowest BCUT2D eigenvalue weighted by Gasteiger charge is -2.09. The first kappa shape index (κ1) is 21.8. The number of nitro groups is 1. The summed E-state index contributed by atoms with van der Waals surface area (Å²) in [6, 6.07) is 4.63. The van der Waals surface area contributed by atoms with Gasteiger partial charge in [-0.05, 0) is 36.8 Å². The van der Waals surface area contributed by atoms with E-state index in [-0.39, 0.29) is 52.4 Å². The molecule has 1 saturated heterocycles. The Balaban J connectivity index is 1.85. The molecule has 1 aliphatic rings. The lowest BCUT2D eigenvalue weighted by atomic mass is 10.1. The van der Waals surface area contributed by atoms with Gasteiger partial charge in [0.1, 0.15) is 11.5 Å². The predicted octanol–water partition coefficient (Wildman–Crippen LogP) is 3.12. The average Bonchev–Trinajstić information content (AvgIpc) is 3.29. The molecule has 1 aromatic heterocycles. The third-order valence-electron chi connectivity index (χ3n) is 4.17. The smallest absolute Gasteiger partial charge is 0.373 e. The summed E-state index contributed by atoms with van der Waals surface area (Å²) < 4.78 is 15.0. The number of hydrogen-bond donors (Lipinski definition) is 1. The zero-order chi connectivity index (χ0) is 22.7. The van der Waals surface area contributed by atoms with Gasteiger partial charge in [-0.25, -0.2) is 9.59 Å². The van der Waals surface area contributed by atoms with Crippen molar-refractivity contribution in [2.45, 2.75) is 13.5 Å². The minimum absolute atomic E-state index is 0.0116. The molecule has 0 saturated carbocycles. The van der Waals surface area contributed by atoms with Gasteiger partial charge in [0, 0.05) is 6.07 Å². The van der Waals surface area contributed by atoms with E-state index in [4.69, 9.17) is 20.8 Å². The summed E-state index contributed by atoms with van der Waals surface area (Å²) in [5.41, 5.74) is -0.267. The van der Waals surface area contributed by atoms with E-state index in [2.05, 4.69) is 10.1 Å². The Kier molecular flexibility index (Phi) is 6.25. The van der Waals surface area contributed by atoms with Crippen LogP contribution in [0.2, 0.25) is 5.02 Å². The largest absolute Gasteiger partial charge is 0.486 e. The number of ether oxygens (including phenoxy) is 2. The van der Waals surface area contributed by atoms with Crippen molar-refractivity contribution in [1.82, 2.24) is 10.2 Å². The van der Waals surface area contributed by atoms with Gasteiger partial charge in [0.2, 0.25) is 11.5 Å². The number of methoxy groups -OCH3 is 1. The Labute approximate surface area is 180 Å². The lowest BCUT2D eigenvalue weighted by molar-refractivity contribution is -0.385. The molecule has 0 spiro atoms. The summed E-state index contributed by atoms with van der Waals surface area (Å²) in [5, 5.41) is 13.7. The average molecular weight is 450 g/mol. The van der Waals surface area contributed by atoms with Crippen LogP contribution in [0.25, 0.3) is 6.08 Å². The fraction of sp³-hybridized carbons (Fsp3) is 0.211. The Morgan fingerprint density at radius 2 is 2.10 bits per heavy atom. The van der Waals surface area contributed by atoms with Crippen molar-refractivity contribution in [3.63, 3.8) is 0 Å². The molecule has 1 fully saturated rings. The number of esters is 1. The van der Waals surface area contributed by atoms with Gasteiger partial charge in [0.15, 0.2) is 0 Å². The number of hydrogen-bond acceptors (Lipinski definition) is 8. The van der Waals surface area contributed by atoms with Crippen LogP contribution in [0.15, 0.2) is 34.4 Å². The van der Waals surface area contributed by atoms with Crippen molar-refractivity contribution in [2.75, 3.05) is 13.7 Å². The molecule has 11 nitrogen and oxygen atoms in total. The molecule has 2 heterocycles. The first-order valence-electron chi connectivity index (χ1n) is 8.87. The predicted molar refractivity (Wildman–Crippen MR) is 106 cm³/mol. The van der Waals surface area contributed by atoms with Crippen LogP contribution in [0.1, 0.15) is 28.8 Å². The van der Waals surface area contributed by atoms with Gasteiger partial charge in [-0.3, -0.25) is 19.8 Å². The van der Waals surface area contributed by atoms with Gasteiger partial charge in [0.25, 0.3) is 5.91 Å². The highest BCUT2D eigenvalue weighted by atomic mass is 35.5. The number of nitro benzene ring substituents is 1. The molecule has 162 valence electrons. The second-order valence-electron chi connectivity index (χ2n) is 6.18. The molecule has 0 radical (unpaired) electrons. The van der Waals surface area contributed by atoms with Crippen LogP contribution in [0.3, 0.4) is 0 Å². The van der Waals surface area contributed by atoms with Crippen molar-refractivity contribution in [1.29, 1.82) is 0 Å². The molecule has 12 heteroatoms. The van der Waals surface area contributed by atoms with Crippen LogP contribution in [0, 0.1) is 10.1 Å². The second kappa shape index (κ2) is 8.88. The maximum atomic E-state index is 12.6. The highest BCUT2D eigenvalue weighted by molar-refractivity contribution is 6.32. The molecule has 0 bridgehead atoms. The number of carbonyl (C=O) groups is 3. The summed E-state index contributed by atoms with van der Waals surface area (Å²) in [6.07, 6.45) is 1.26. The van der Waals surface area contributed by atoms with E-state index in [1.54, 1.807) is 6.92 Å². The topological polar surface area (TPSA) is 141 Å². The van der Waals surface area contributed by atoms with Crippen LogP contribution in [-0.2, 0) is 16.1 Å². The zero-order valence-electron chi connectivity index (χ0n) is 16.3. The number of nitrogens with zero attached hydrogens (tertiary/aromatic N) is 2. The minimum atomic E-state index is -0.723. The van der Waals surface area contributed by atoms with Gasteiger partial charge in [-0.15, -0.1) is 0 Å². The van der Waals surface area contributed by atoms with Gasteiger partial charge >= 0.3 is 17.7 Å². The summed E-state index contributed by atoms with van der Waals surface area (Å²) in [6.45, 7) is 1.60. The fourth-order valence-corrected chi connectivity index (χ4v) is 3.09. The highest BCUT2D eigenvalue weighted by Gasteiger charge is 2.34. The van der Waals surface area contributed by atoms with Crippen LogP contribution in [0.4, 0.5) is 10.5 Å². The third kappa shape index (κ3) is 4.51. The van der Waals surface area contributed by atoms with E-state index in [1.165, 1.54) is 37.5 Å². The van der Waals surface area contributed by atoms with E-state index in [9.17, 15) is 24.5 Å². The number of furan rings is 1. The van der Waals surface area contributed by atoms with E-state index in [0.29, 0.717) is 0 Å². The normalized spacial score (nSPS) is 14.7. The number of urea groups is 1. The Bertz CT molecular complexity index is 1110. The standard InChI is InChI=1S/C19H16ClN3O8/c1-3-30-16-12(20)6-10(8-14(16)23(27)28)7-13-17(24)22(19(26)21-13)9-11-4-5-15(31-11)18(25)29-2/h4-8H,3,9H2,1-2H3,(H,21,26)/b13-7-. The molecular weight excluding hydrogens is 434 g/mol. The summed E-state index contributed by atoms with van der Waals surface area (Å²) >= 11 is 6.09.